The molecule has 1 saturated heterocycles. The molecule has 0 spiro atoms. The van der Waals surface area contributed by atoms with Crippen LogP contribution in [0.5, 0.6) is 0 Å². The standard InChI is InChI=1S/C30H33N3O2/c34-30(31-17-20-33-18-15-25(16-19-33)21-24-9-5-2-6-10-24)26-12-13-27-28(22-26)35-29(32-27)14-11-23-7-3-1-4-8-23/h1-10,12-13,22,25H,11,14-21H2,(H,31,34). The summed E-state index contributed by atoms with van der Waals surface area (Å²) in [6.07, 6.45) is 5.23. The van der Waals surface area contributed by atoms with E-state index in [4.69, 9.17) is 4.42 Å². The van der Waals surface area contributed by atoms with Crippen LogP contribution in [0.25, 0.3) is 11.1 Å². The number of aromatic nitrogens is 1. The summed E-state index contributed by atoms with van der Waals surface area (Å²) in [4.78, 5) is 19.7. The molecule has 3 aromatic carbocycles. The highest BCUT2D eigenvalue weighted by molar-refractivity contribution is 5.97. The van der Waals surface area contributed by atoms with Gasteiger partial charge >= 0.3 is 0 Å². The number of carbonyl (C=O) groups is 1. The Kier molecular flexibility index (Phi) is 7.54. The molecule has 0 aliphatic carbocycles. The number of benzene rings is 3. The van der Waals surface area contributed by atoms with E-state index >= 15 is 0 Å². The van der Waals surface area contributed by atoms with Crippen LogP contribution in [0.3, 0.4) is 0 Å². The number of oxazole rings is 1. The van der Waals surface area contributed by atoms with Gasteiger partial charge in [-0.25, -0.2) is 4.98 Å². The highest BCUT2D eigenvalue weighted by atomic mass is 16.3. The highest BCUT2D eigenvalue weighted by Gasteiger charge is 2.19. The Morgan fingerprint density at radius 1 is 0.914 bits per heavy atom. The molecule has 180 valence electrons. The van der Waals surface area contributed by atoms with Gasteiger partial charge in [-0.1, -0.05) is 60.7 Å². The van der Waals surface area contributed by atoms with Crippen molar-refractivity contribution in [2.45, 2.75) is 32.1 Å². The van der Waals surface area contributed by atoms with E-state index in [1.165, 1.54) is 30.4 Å². The molecular formula is C30H33N3O2. The van der Waals surface area contributed by atoms with Crippen LogP contribution in [0.15, 0.2) is 83.3 Å². The second-order valence-electron chi connectivity index (χ2n) is 9.51. The normalized spacial score (nSPS) is 14.9. The molecule has 1 aliphatic rings. The van der Waals surface area contributed by atoms with Gasteiger partial charge in [-0.3, -0.25) is 4.79 Å². The summed E-state index contributed by atoms with van der Waals surface area (Å²) in [6, 6.07) is 26.6. The second kappa shape index (κ2) is 11.3. The van der Waals surface area contributed by atoms with Crippen molar-refractivity contribution in [2.24, 2.45) is 5.92 Å². The molecule has 0 atom stereocenters. The summed E-state index contributed by atoms with van der Waals surface area (Å²) in [6.45, 7) is 3.74. The molecule has 0 radical (unpaired) electrons. The van der Waals surface area contributed by atoms with Crippen LogP contribution in [0, 0.1) is 5.92 Å². The molecule has 0 bridgehead atoms. The minimum absolute atomic E-state index is 0.0619. The minimum atomic E-state index is -0.0619. The van der Waals surface area contributed by atoms with Crippen molar-refractivity contribution in [3.63, 3.8) is 0 Å². The number of amides is 1. The van der Waals surface area contributed by atoms with Crippen LogP contribution in [0.1, 0.15) is 40.2 Å². The van der Waals surface area contributed by atoms with Crippen LogP contribution >= 0.6 is 0 Å². The third kappa shape index (κ3) is 6.37. The van der Waals surface area contributed by atoms with Crippen molar-refractivity contribution in [3.8, 4) is 0 Å². The molecule has 5 heteroatoms. The molecular weight excluding hydrogens is 434 g/mol. The number of rotatable bonds is 9. The van der Waals surface area contributed by atoms with E-state index in [0.717, 1.165) is 43.9 Å². The zero-order chi connectivity index (χ0) is 23.9. The first-order valence-corrected chi connectivity index (χ1v) is 12.7. The average Bonchev–Trinajstić information content (AvgIpc) is 3.32. The molecule has 2 heterocycles. The van der Waals surface area contributed by atoms with E-state index in [2.05, 4.69) is 57.7 Å². The van der Waals surface area contributed by atoms with Crippen LogP contribution in [-0.4, -0.2) is 42.0 Å². The fourth-order valence-electron chi connectivity index (χ4n) is 4.91. The Morgan fingerprint density at radius 2 is 1.63 bits per heavy atom. The maximum absolute atomic E-state index is 12.7. The monoisotopic (exact) mass is 467 g/mol. The van der Waals surface area contributed by atoms with Gasteiger partial charge in [-0.05, 0) is 74.0 Å². The largest absolute Gasteiger partial charge is 0.441 e. The first-order chi connectivity index (χ1) is 17.2. The Bertz CT molecular complexity index is 1230. The molecule has 1 N–H and O–H groups in total. The zero-order valence-electron chi connectivity index (χ0n) is 20.2. The molecule has 1 fully saturated rings. The Hall–Kier alpha value is -3.44. The Labute approximate surface area is 207 Å². The summed E-state index contributed by atoms with van der Waals surface area (Å²) in [5.74, 6) is 1.40. The van der Waals surface area contributed by atoms with E-state index < -0.39 is 0 Å². The van der Waals surface area contributed by atoms with Crippen molar-refractivity contribution in [2.75, 3.05) is 26.2 Å². The highest BCUT2D eigenvalue weighted by Crippen LogP contribution is 2.22. The molecule has 0 saturated carbocycles. The Balaban J connectivity index is 1.07. The summed E-state index contributed by atoms with van der Waals surface area (Å²) in [7, 11) is 0. The van der Waals surface area contributed by atoms with Gasteiger partial charge in [0.25, 0.3) is 5.91 Å². The van der Waals surface area contributed by atoms with Gasteiger partial charge in [0, 0.05) is 25.1 Å². The predicted octanol–water partition coefficient (Wildman–Crippen LogP) is 5.30. The smallest absolute Gasteiger partial charge is 0.251 e. The van der Waals surface area contributed by atoms with Crippen LogP contribution in [-0.2, 0) is 19.3 Å². The summed E-state index contributed by atoms with van der Waals surface area (Å²) < 4.78 is 5.93. The molecule has 5 nitrogen and oxygen atoms in total. The molecule has 0 unspecified atom stereocenters. The minimum Gasteiger partial charge on any atom is -0.441 e. The number of likely N-dealkylation sites (tertiary alicyclic amines) is 1. The fourth-order valence-corrected chi connectivity index (χ4v) is 4.91. The lowest BCUT2D eigenvalue weighted by molar-refractivity contribution is 0.0944. The molecule has 4 aromatic rings. The summed E-state index contributed by atoms with van der Waals surface area (Å²) in [5, 5.41) is 3.07. The van der Waals surface area contributed by atoms with Crippen molar-refractivity contribution in [3.05, 3.63) is 101 Å². The van der Waals surface area contributed by atoms with Crippen molar-refractivity contribution >= 4 is 17.0 Å². The number of carbonyl (C=O) groups excluding carboxylic acids is 1. The third-order valence-corrected chi connectivity index (χ3v) is 6.95. The van der Waals surface area contributed by atoms with Gasteiger partial charge in [0.15, 0.2) is 11.5 Å². The predicted molar refractivity (Wildman–Crippen MR) is 140 cm³/mol. The lowest BCUT2D eigenvalue weighted by Crippen LogP contribution is -2.39. The van der Waals surface area contributed by atoms with Gasteiger partial charge in [-0.2, -0.15) is 0 Å². The molecule has 1 aliphatic heterocycles. The van der Waals surface area contributed by atoms with Gasteiger partial charge < -0.3 is 14.6 Å². The maximum Gasteiger partial charge on any atom is 0.251 e. The van der Waals surface area contributed by atoms with Crippen LogP contribution < -0.4 is 5.32 Å². The fraction of sp³-hybridized carbons (Fsp3) is 0.333. The second-order valence-corrected chi connectivity index (χ2v) is 9.51. The number of hydrogen-bond donors (Lipinski definition) is 1. The van der Waals surface area contributed by atoms with E-state index in [1.54, 1.807) is 6.07 Å². The number of nitrogens with one attached hydrogen (secondary N) is 1. The topological polar surface area (TPSA) is 58.4 Å². The molecule has 35 heavy (non-hydrogen) atoms. The number of piperidine rings is 1. The lowest BCUT2D eigenvalue weighted by atomic mass is 9.90. The van der Waals surface area contributed by atoms with E-state index in [0.29, 0.717) is 23.6 Å². The van der Waals surface area contributed by atoms with E-state index in [1.807, 2.05) is 30.3 Å². The number of fused-ring (bicyclic) bond motifs is 1. The Morgan fingerprint density at radius 3 is 2.37 bits per heavy atom. The van der Waals surface area contributed by atoms with Crippen LogP contribution in [0.2, 0.25) is 0 Å². The maximum atomic E-state index is 12.7. The number of aryl methyl sites for hydroxylation is 2. The van der Waals surface area contributed by atoms with Gasteiger partial charge in [0.2, 0.25) is 0 Å². The first kappa shape index (κ1) is 23.3. The number of hydrogen-bond acceptors (Lipinski definition) is 4. The molecule has 1 aromatic heterocycles. The average molecular weight is 468 g/mol. The van der Waals surface area contributed by atoms with Crippen molar-refractivity contribution in [1.29, 1.82) is 0 Å². The molecule has 5 rings (SSSR count). The van der Waals surface area contributed by atoms with E-state index in [9.17, 15) is 4.79 Å². The van der Waals surface area contributed by atoms with E-state index in [-0.39, 0.29) is 5.91 Å². The van der Waals surface area contributed by atoms with Crippen molar-refractivity contribution < 1.29 is 9.21 Å². The zero-order valence-corrected chi connectivity index (χ0v) is 20.2. The lowest BCUT2D eigenvalue weighted by Gasteiger charge is -2.32. The molecule has 1 amide bonds. The van der Waals surface area contributed by atoms with Gasteiger partial charge in [0.05, 0.1) is 0 Å². The van der Waals surface area contributed by atoms with Gasteiger partial charge in [-0.15, -0.1) is 0 Å². The summed E-state index contributed by atoms with van der Waals surface area (Å²) in [5.41, 5.74) is 4.77. The summed E-state index contributed by atoms with van der Waals surface area (Å²) >= 11 is 0. The van der Waals surface area contributed by atoms with Crippen molar-refractivity contribution in [1.82, 2.24) is 15.2 Å². The quantitative estimate of drug-likeness (QED) is 0.363. The number of nitrogens with zero attached hydrogens (tertiary/aromatic N) is 2. The third-order valence-electron chi connectivity index (χ3n) is 6.95. The van der Waals surface area contributed by atoms with Gasteiger partial charge in [0.1, 0.15) is 5.52 Å². The first-order valence-electron chi connectivity index (χ1n) is 12.7. The SMILES string of the molecule is O=C(NCCN1CCC(Cc2ccccc2)CC1)c1ccc2nc(CCc3ccccc3)oc2c1. The van der Waals surface area contributed by atoms with Crippen LogP contribution in [0.4, 0.5) is 0 Å².